The Balaban J connectivity index is 2.75. The number of nitrogens with zero attached hydrogens (tertiary/aromatic N) is 2. The van der Waals surface area contributed by atoms with Crippen LogP contribution in [0.1, 0.15) is 10.6 Å². The van der Waals surface area contributed by atoms with Crippen LogP contribution in [0, 0.1) is 6.92 Å². The molecule has 0 spiro atoms. The zero-order chi connectivity index (χ0) is 10.7. The minimum absolute atomic E-state index is 0.0913. The lowest BCUT2D eigenvalue weighted by atomic mass is 10.4. The van der Waals surface area contributed by atoms with Crippen molar-refractivity contribution in [3.05, 3.63) is 10.6 Å². The fourth-order valence-electron chi connectivity index (χ4n) is 1.01. The van der Waals surface area contributed by atoms with Gasteiger partial charge in [-0.05, 0) is 6.92 Å². The Kier molecular flexibility index (Phi) is 3.77. The number of hydrogen-bond acceptors (Lipinski definition) is 4. The van der Waals surface area contributed by atoms with E-state index in [4.69, 9.17) is 5.11 Å². The third-order valence-electron chi connectivity index (χ3n) is 1.76. The van der Waals surface area contributed by atoms with E-state index in [1.54, 1.807) is 14.0 Å². The van der Waals surface area contributed by atoms with Crippen LogP contribution in [0.3, 0.4) is 0 Å². The van der Waals surface area contributed by atoms with E-state index in [0.717, 1.165) is 4.88 Å². The molecule has 0 amide bonds. The third kappa shape index (κ3) is 2.62. The summed E-state index contributed by atoms with van der Waals surface area (Å²) < 4.78 is 24.1. The molecule has 0 saturated heterocycles. The van der Waals surface area contributed by atoms with Crippen LogP contribution in [0.2, 0.25) is 0 Å². The zero-order valence-electron chi connectivity index (χ0n) is 8.00. The summed E-state index contributed by atoms with van der Waals surface area (Å²) >= 11 is 1.24. The van der Waals surface area contributed by atoms with Gasteiger partial charge in [-0.2, -0.15) is 0 Å². The Morgan fingerprint density at radius 3 is 2.64 bits per heavy atom. The number of aromatic nitrogens is 1. The molecule has 0 fully saturated rings. The van der Waals surface area contributed by atoms with Crippen LogP contribution in [0.25, 0.3) is 0 Å². The van der Waals surface area contributed by atoms with E-state index in [1.807, 2.05) is 0 Å². The van der Waals surface area contributed by atoms with Crippen molar-refractivity contribution in [3.8, 4) is 0 Å². The molecule has 0 bridgehead atoms. The largest absolute Gasteiger partial charge is 0.391 e. The standard InChI is InChI=1S/C8H12F2N2OS/c1-5-6(4-13)14-8(11-5)12(2)3-7(9)10/h7,13H,3-4H2,1-2H3. The zero-order valence-corrected chi connectivity index (χ0v) is 8.81. The van der Waals surface area contributed by atoms with Crippen LogP contribution in [0.4, 0.5) is 13.9 Å². The lowest BCUT2D eigenvalue weighted by Crippen LogP contribution is -2.23. The van der Waals surface area contributed by atoms with Crippen molar-refractivity contribution in [2.45, 2.75) is 20.0 Å². The van der Waals surface area contributed by atoms with Crippen molar-refractivity contribution in [1.82, 2.24) is 4.98 Å². The van der Waals surface area contributed by atoms with E-state index in [2.05, 4.69) is 4.98 Å². The highest BCUT2D eigenvalue weighted by Crippen LogP contribution is 2.25. The molecule has 1 N–H and O–H groups in total. The number of anilines is 1. The van der Waals surface area contributed by atoms with Crippen LogP contribution < -0.4 is 4.90 Å². The van der Waals surface area contributed by atoms with Crippen molar-refractivity contribution in [2.75, 3.05) is 18.5 Å². The first-order valence-corrected chi connectivity index (χ1v) is 4.92. The average Bonchev–Trinajstić information content (AvgIpc) is 2.45. The molecular weight excluding hydrogens is 210 g/mol. The highest BCUT2D eigenvalue weighted by molar-refractivity contribution is 7.15. The van der Waals surface area contributed by atoms with Gasteiger partial charge in [-0.25, -0.2) is 13.8 Å². The molecule has 0 aliphatic heterocycles. The summed E-state index contributed by atoms with van der Waals surface area (Å²) in [7, 11) is 1.56. The highest BCUT2D eigenvalue weighted by atomic mass is 32.1. The number of alkyl halides is 2. The van der Waals surface area contributed by atoms with Gasteiger partial charge in [0.2, 0.25) is 0 Å². The number of aryl methyl sites for hydroxylation is 1. The molecule has 0 unspecified atom stereocenters. The van der Waals surface area contributed by atoms with Crippen molar-refractivity contribution in [1.29, 1.82) is 0 Å². The Labute approximate surface area is 85.0 Å². The number of aliphatic hydroxyl groups excluding tert-OH is 1. The van der Waals surface area contributed by atoms with E-state index in [-0.39, 0.29) is 13.2 Å². The van der Waals surface area contributed by atoms with E-state index < -0.39 is 6.43 Å². The normalized spacial score (nSPS) is 11.0. The van der Waals surface area contributed by atoms with Gasteiger partial charge in [0.1, 0.15) is 0 Å². The third-order valence-corrected chi connectivity index (χ3v) is 3.02. The first-order valence-electron chi connectivity index (χ1n) is 4.11. The molecule has 3 nitrogen and oxygen atoms in total. The monoisotopic (exact) mass is 222 g/mol. The average molecular weight is 222 g/mol. The summed E-state index contributed by atoms with van der Waals surface area (Å²) in [6.45, 7) is 1.33. The lowest BCUT2D eigenvalue weighted by Gasteiger charge is -2.14. The molecule has 1 aromatic heterocycles. The minimum atomic E-state index is -2.37. The highest BCUT2D eigenvalue weighted by Gasteiger charge is 2.13. The number of thiazole rings is 1. The Morgan fingerprint density at radius 1 is 1.57 bits per heavy atom. The van der Waals surface area contributed by atoms with Crippen molar-refractivity contribution < 1.29 is 13.9 Å². The number of halogens is 2. The quantitative estimate of drug-likeness (QED) is 0.841. The number of rotatable bonds is 4. The van der Waals surface area contributed by atoms with Gasteiger partial charge < -0.3 is 10.0 Å². The first kappa shape index (κ1) is 11.3. The first-order chi connectivity index (χ1) is 6.54. The predicted octanol–water partition coefficient (Wildman–Crippen LogP) is 1.65. The lowest BCUT2D eigenvalue weighted by molar-refractivity contribution is 0.156. The maximum Gasteiger partial charge on any atom is 0.255 e. The summed E-state index contributed by atoms with van der Waals surface area (Å²) in [5, 5.41) is 9.42. The van der Waals surface area contributed by atoms with E-state index in [9.17, 15) is 8.78 Å². The fraction of sp³-hybridized carbons (Fsp3) is 0.625. The summed E-state index contributed by atoms with van der Waals surface area (Å²) in [5.41, 5.74) is 0.702. The molecule has 80 valence electrons. The van der Waals surface area contributed by atoms with Crippen molar-refractivity contribution >= 4 is 16.5 Å². The van der Waals surface area contributed by atoms with Gasteiger partial charge >= 0.3 is 0 Å². The maximum absolute atomic E-state index is 12.0. The summed E-state index contributed by atoms with van der Waals surface area (Å²) in [6.07, 6.45) is -2.37. The van der Waals surface area contributed by atoms with Gasteiger partial charge in [0, 0.05) is 7.05 Å². The smallest absolute Gasteiger partial charge is 0.255 e. The maximum atomic E-state index is 12.0. The number of hydrogen-bond donors (Lipinski definition) is 1. The molecule has 0 saturated carbocycles. The van der Waals surface area contributed by atoms with Gasteiger partial charge in [-0.1, -0.05) is 11.3 Å². The van der Waals surface area contributed by atoms with Crippen LogP contribution in [0.5, 0.6) is 0 Å². The number of aliphatic hydroxyl groups is 1. The fourth-order valence-corrected chi connectivity index (χ4v) is 1.90. The van der Waals surface area contributed by atoms with Crippen LogP contribution in [-0.2, 0) is 6.61 Å². The van der Waals surface area contributed by atoms with Gasteiger partial charge in [-0.15, -0.1) is 0 Å². The molecule has 1 aromatic rings. The minimum Gasteiger partial charge on any atom is -0.391 e. The van der Waals surface area contributed by atoms with Gasteiger partial charge in [0.05, 0.1) is 23.7 Å². The molecule has 1 heterocycles. The van der Waals surface area contributed by atoms with Crippen molar-refractivity contribution in [3.63, 3.8) is 0 Å². The van der Waals surface area contributed by atoms with Crippen LogP contribution in [0.15, 0.2) is 0 Å². The molecule has 0 atom stereocenters. The van der Waals surface area contributed by atoms with E-state index in [1.165, 1.54) is 16.2 Å². The second kappa shape index (κ2) is 4.65. The van der Waals surface area contributed by atoms with Gasteiger partial charge in [0.15, 0.2) is 5.13 Å². The molecule has 0 aromatic carbocycles. The Hall–Kier alpha value is -0.750. The topological polar surface area (TPSA) is 36.4 Å². The summed E-state index contributed by atoms with van der Waals surface area (Å²) in [5.74, 6) is 0. The van der Waals surface area contributed by atoms with E-state index in [0.29, 0.717) is 10.8 Å². The summed E-state index contributed by atoms with van der Waals surface area (Å²) in [4.78, 5) is 6.20. The Bertz CT molecular complexity index is 304. The molecule has 0 radical (unpaired) electrons. The molecule has 0 aliphatic rings. The Morgan fingerprint density at radius 2 is 2.21 bits per heavy atom. The second-order valence-electron chi connectivity index (χ2n) is 2.93. The molecule has 1 rings (SSSR count). The van der Waals surface area contributed by atoms with Gasteiger partial charge in [-0.3, -0.25) is 0 Å². The van der Waals surface area contributed by atoms with Crippen LogP contribution in [-0.4, -0.2) is 30.1 Å². The van der Waals surface area contributed by atoms with Crippen molar-refractivity contribution in [2.24, 2.45) is 0 Å². The van der Waals surface area contributed by atoms with Gasteiger partial charge in [0.25, 0.3) is 6.43 Å². The SMILES string of the molecule is Cc1nc(N(C)CC(F)F)sc1CO. The molecule has 0 aliphatic carbocycles. The van der Waals surface area contributed by atoms with E-state index >= 15 is 0 Å². The second-order valence-corrected chi connectivity index (χ2v) is 4.00. The summed E-state index contributed by atoms with van der Waals surface area (Å²) in [6, 6.07) is 0. The van der Waals surface area contributed by atoms with Crippen LogP contribution >= 0.6 is 11.3 Å². The molecule has 6 heteroatoms. The molecular formula is C8H12F2N2OS. The predicted molar refractivity (Wildman–Crippen MR) is 52.0 cm³/mol. The molecule has 14 heavy (non-hydrogen) atoms.